The Morgan fingerprint density at radius 1 is 0.909 bits per heavy atom. The van der Waals surface area contributed by atoms with E-state index in [9.17, 15) is 9.18 Å². The van der Waals surface area contributed by atoms with Crippen molar-refractivity contribution in [2.75, 3.05) is 13.3 Å². The van der Waals surface area contributed by atoms with Gasteiger partial charge in [-0.05, 0) is 41.5 Å². The van der Waals surface area contributed by atoms with Gasteiger partial charge in [-0.2, -0.15) is 0 Å². The zero-order chi connectivity index (χ0) is 23.0. The zero-order valence-electron chi connectivity index (χ0n) is 17.9. The monoisotopic (exact) mass is 465 g/mol. The van der Waals surface area contributed by atoms with Crippen LogP contribution < -0.4 is 20.1 Å². The minimum atomic E-state index is -0.292. The quantitative estimate of drug-likeness (QED) is 0.494. The second-order valence-corrected chi connectivity index (χ2v) is 7.94. The molecule has 6 nitrogen and oxygen atoms in total. The molecular weight excluding hydrogens is 441 g/mol. The van der Waals surface area contributed by atoms with Gasteiger partial charge in [0.1, 0.15) is 5.82 Å². The second kappa shape index (κ2) is 10.8. The van der Waals surface area contributed by atoms with E-state index in [1.54, 1.807) is 18.2 Å². The molecule has 0 aliphatic carbocycles. The van der Waals surface area contributed by atoms with Gasteiger partial charge in [-0.1, -0.05) is 54.6 Å². The van der Waals surface area contributed by atoms with Crippen LogP contribution in [0.5, 0.6) is 11.5 Å². The summed E-state index contributed by atoms with van der Waals surface area (Å²) >= 11 is 5.55. The fourth-order valence-corrected chi connectivity index (χ4v) is 3.62. The van der Waals surface area contributed by atoms with Gasteiger partial charge in [0.15, 0.2) is 16.6 Å². The van der Waals surface area contributed by atoms with E-state index < -0.39 is 0 Å². The van der Waals surface area contributed by atoms with Gasteiger partial charge in [-0.3, -0.25) is 4.79 Å². The highest BCUT2D eigenvalue weighted by Gasteiger charge is 2.16. The number of fused-ring (bicyclic) bond motifs is 1. The van der Waals surface area contributed by atoms with Crippen molar-refractivity contribution >= 4 is 23.2 Å². The molecule has 1 amide bonds. The average Bonchev–Trinajstić information content (AvgIpc) is 3.31. The molecule has 4 rings (SSSR count). The van der Waals surface area contributed by atoms with Gasteiger partial charge in [0, 0.05) is 25.2 Å². The lowest BCUT2D eigenvalue weighted by Gasteiger charge is -2.26. The van der Waals surface area contributed by atoms with Crippen molar-refractivity contribution in [3.63, 3.8) is 0 Å². The molecule has 170 valence electrons. The molecule has 0 fully saturated rings. The van der Waals surface area contributed by atoms with Crippen molar-refractivity contribution in [1.82, 2.24) is 15.5 Å². The lowest BCUT2D eigenvalue weighted by atomic mass is 10.1. The highest BCUT2D eigenvalue weighted by Crippen LogP contribution is 2.32. The number of rotatable bonds is 8. The molecule has 2 N–H and O–H groups in total. The lowest BCUT2D eigenvalue weighted by Crippen LogP contribution is -2.43. The first-order chi connectivity index (χ1) is 16.1. The molecule has 3 aromatic carbocycles. The third kappa shape index (κ3) is 6.20. The van der Waals surface area contributed by atoms with Crippen LogP contribution in [0, 0.1) is 5.82 Å². The Morgan fingerprint density at radius 3 is 2.48 bits per heavy atom. The maximum atomic E-state index is 14.2. The lowest BCUT2D eigenvalue weighted by molar-refractivity contribution is -0.120. The Kier molecular flexibility index (Phi) is 7.36. The van der Waals surface area contributed by atoms with Crippen LogP contribution in [0.3, 0.4) is 0 Å². The van der Waals surface area contributed by atoms with E-state index in [1.807, 2.05) is 53.4 Å². The largest absolute Gasteiger partial charge is 0.454 e. The van der Waals surface area contributed by atoms with Crippen molar-refractivity contribution in [1.29, 1.82) is 0 Å². The first kappa shape index (κ1) is 22.5. The van der Waals surface area contributed by atoms with Crippen LogP contribution in [0.1, 0.15) is 16.7 Å². The van der Waals surface area contributed by atoms with Crippen LogP contribution in [0.2, 0.25) is 0 Å². The number of carbonyl (C=O) groups is 1. The number of thiocarbonyl (C=S) groups is 1. The molecule has 3 aromatic rings. The predicted octanol–water partition coefficient (Wildman–Crippen LogP) is 3.75. The maximum absolute atomic E-state index is 14.2. The van der Waals surface area contributed by atoms with Crippen molar-refractivity contribution in [3.05, 3.63) is 95.3 Å². The number of nitrogens with zero attached hydrogens (tertiary/aromatic N) is 1. The van der Waals surface area contributed by atoms with Crippen LogP contribution in [-0.2, 0) is 24.4 Å². The van der Waals surface area contributed by atoms with Crippen molar-refractivity contribution in [2.24, 2.45) is 0 Å². The summed E-state index contributed by atoms with van der Waals surface area (Å²) < 4.78 is 24.9. The van der Waals surface area contributed by atoms with Gasteiger partial charge >= 0.3 is 0 Å². The van der Waals surface area contributed by atoms with Gasteiger partial charge in [0.05, 0.1) is 6.54 Å². The number of hydrogen-bond acceptors (Lipinski definition) is 4. The summed E-state index contributed by atoms with van der Waals surface area (Å²) in [5.74, 6) is 0.872. The van der Waals surface area contributed by atoms with Gasteiger partial charge in [-0.15, -0.1) is 0 Å². The van der Waals surface area contributed by atoms with Crippen LogP contribution >= 0.6 is 12.2 Å². The Balaban J connectivity index is 1.33. The third-order valence-corrected chi connectivity index (χ3v) is 5.55. The first-order valence-corrected chi connectivity index (χ1v) is 10.9. The van der Waals surface area contributed by atoms with E-state index in [0.717, 1.165) is 11.1 Å². The van der Waals surface area contributed by atoms with E-state index in [4.69, 9.17) is 21.7 Å². The number of ether oxygens (including phenoxy) is 2. The molecule has 8 heteroatoms. The summed E-state index contributed by atoms with van der Waals surface area (Å²) in [6.07, 6.45) is 0. The number of hydrogen-bond donors (Lipinski definition) is 2. The van der Waals surface area contributed by atoms with Crippen molar-refractivity contribution in [2.45, 2.75) is 19.6 Å². The number of amides is 1. The summed E-state index contributed by atoms with van der Waals surface area (Å²) in [4.78, 5) is 14.2. The van der Waals surface area contributed by atoms with Crippen LogP contribution in [0.4, 0.5) is 4.39 Å². The Labute approximate surface area is 197 Å². The SMILES string of the molecule is O=C(CNC(=S)N(Cc1ccccc1)Cc1ccccc1F)NCc1ccc2c(c1)OCO2. The van der Waals surface area contributed by atoms with E-state index in [1.165, 1.54) is 6.07 Å². The number of benzene rings is 3. The van der Waals surface area contributed by atoms with E-state index in [-0.39, 0.29) is 31.6 Å². The number of halogens is 1. The molecule has 1 heterocycles. The Bertz CT molecular complexity index is 1130. The minimum absolute atomic E-state index is 0.00590. The summed E-state index contributed by atoms with van der Waals surface area (Å²) in [5.41, 5.74) is 2.47. The molecule has 1 aliphatic heterocycles. The summed E-state index contributed by atoms with van der Waals surface area (Å²) in [6, 6.07) is 21.9. The molecule has 0 saturated heterocycles. The standard InChI is InChI=1S/C25H24FN3O3S/c26-21-9-5-4-8-20(21)16-29(15-18-6-2-1-3-7-18)25(33)28-14-24(30)27-13-19-10-11-22-23(12-19)32-17-31-22/h1-12H,13-17H2,(H,27,30)(H,28,33). The van der Waals surface area contributed by atoms with Gasteiger partial charge in [0.25, 0.3) is 0 Å². The van der Waals surface area contributed by atoms with Gasteiger partial charge in [-0.25, -0.2) is 4.39 Å². The molecular formula is C25H24FN3O3S. The number of carbonyl (C=O) groups excluding carboxylic acids is 1. The molecule has 0 spiro atoms. The van der Waals surface area contributed by atoms with Crippen LogP contribution in [-0.4, -0.2) is 29.3 Å². The van der Waals surface area contributed by atoms with Crippen LogP contribution in [0.15, 0.2) is 72.8 Å². The predicted molar refractivity (Wildman–Crippen MR) is 127 cm³/mol. The van der Waals surface area contributed by atoms with Crippen LogP contribution in [0.25, 0.3) is 0 Å². The Morgan fingerprint density at radius 2 is 1.67 bits per heavy atom. The molecule has 0 saturated carbocycles. The molecule has 1 aliphatic rings. The fraction of sp³-hybridized carbons (Fsp3) is 0.200. The molecule has 0 atom stereocenters. The van der Waals surface area contributed by atoms with E-state index in [0.29, 0.717) is 35.3 Å². The summed E-state index contributed by atoms with van der Waals surface area (Å²) in [6.45, 7) is 1.34. The highest BCUT2D eigenvalue weighted by molar-refractivity contribution is 7.80. The second-order valence-electron chi connectivity index (χ2n) is 7.56. The third-order valence-electron chi connectivity index (χ3n) is 5.15. The average molecular weight is 466 g/mol. The molecule has 0 aromatic heterocycles. The minimum Gasteiger partial charge on any atom is -0.454 e. The van der Waals surface area contributed by atoms with Gasteiger partial charge < -0.3 is 25.0 Å². The maximum Gasteiger partial charge on any atom is 0.239 e. The van der Waals surface area contributed by atoms with E-state index >= 15 is 0 Å². The van der Waals surface area contributed by atoms with Gasteiger partial charge in [0.2, 0.25) is 12.7 Å². The van der Waals surface area contributed by atoms with E-state index in [2.05, 4.69) is 10.6 Å². The topological polar surface area (TPSA) is 62.8 Å². The summed E-state index contributed by atoms with van der Waals surface area (Å²) in [5, 5.41) is 6.23. The molecule has 0 radical (unpaired) electrons. The fourth-order valence-electron chi connectivity index (χ4n) is 3.42. The van der Waals surface area contributed by atoms with Crippen molar-refractivity contribution < 1.29 is 18.7 Å². The molecule has 33 heavy (non-hydrogen) atoms. The normalized spacial score (nSPS) is 11.7. The Hall–Kier alpha value is -3.65. The highest BCUT2D eigenvalue weighted by atomic mass is 32.1. The zero-order valence-corrected chi connectivity index (χ0v) is 18.7. The van der Waals surface area contributed by atoms with Crippen molar-refractivity contribution in [3.8, 4) is 11.5 Å². The summed E-state index contributed by atoms with van der Waals surface area (Å²) in [7, 11) is 0. The molecule has 0 unspecified atom stereocenters. The molecule has 0 bridgehead atoms. The first-order valence-electron chi connectivity index (χ1n) is 10.5. The number of nitrogens with one attached hydrogen (secondary N) is 2. The smallest absolute Gasteiger partial charge is 0.239 e.